The Hall–Kier alpha value is -4.03. The smallest absolute Gasteiger partial charge is 0.0176 e. The monoisotopic (exact) mass is 661 g/mol. The quantitative estimate of drug-likeness (QED) is 0.166. The average Bonchev–Trinajstić information content (AvgIpc) is 3.33. The molecule has 6 aromatic rings. The van der Waals surface area contributed by atoms with Gasteiger partial charge in [-0.2, -0.15) is 91.0 Å². The summed E-state index contributed by atoms with van der Waals surface area (Å²) in [6, 6.07) is 60.9. The second-order valence-corrected chi connectivity index (χ2v) is 8.97. The standard InChI is InChI=1S/C25H16.C12H8.Ir/c1-2-9-18(10-3-1)19-11-8-12-20(17-19)25-23-15-6-4-13-21(23)22-14-5-7-16-24(22)25;1-3-7-11(8-4-1)12-9-5-2-6-10-12;/h1-9,12-17,25H;1-7,9H;/q2*-2;. The Morgan fingerprint density at radius 2 is 0.816 bits per heavy atom. The third-order valence-corrected chi connectivity index (χ3v) is 6.70. The zero-order valence-electron chi connectivity index (χ0n) is 20.7. The van der Waals surface area contributed by atoms with Crippen LogP contribution in [-0.2, 0) is 20.1 Å². The SMILES string of the molecule is [Ir].[c-]1ccccc1-c1[c-]ccc(C2c3ccccc3-c3ccccc32)c1.[c-]1ccccc1-c1[c-]cccc1. The Morgan fingerprint density at radius 1 is 0.395 bits per heavy atom. The first kappa shape index (κ1) is 25.6. The van der Waals surface area contributed by atoms with Crippen molar-refractivity contribution in [2.45, 2.75) is 5.92 Å². The van der Waals surface area contributed by atoms with E-state index in [9.17, 15) is 0 Å². The first-order chi connectivity index (χ1) is 18.4. The van der Waals surface area contributed by atoms with Crippen molar-refractivity contribution in [2.75, 3.05) is 0 Å². The van der Waals surface area contributed by atoms with Gasteiger partial charge in [0.1, 0.15) is 0 Å². The molecule has 0 saturated carbocycles. The summed E-state index contributed by atoms with van der Waals surface area (Å²) in [6.45, 7) is 0. The fourth-order valence-electron chi connectivity index (χ4n) is 5.02. The van der Waals surface area contributed by atoms with Crippen LogP contribution in [0, 0.1) is 24.3 Å². The molecule has 0 fully saturated rings. The van der Waals surface area contributed by atoms with Crippen LogP contribution >= 0.6 is 0 Å². The molecule has 0 aliphatic heterocycles. The molecular weight excluding hydrogens is 637 g/mol. The van der Waals surface area contributed by atoms with E-state index in [2.05, 4.69) is 91.0 Å². The second kappa shape index (κ2) is 12.0. The van der Waals surface area contributed by atoms with Gasteiger partial charge in [0.25, 0.3) is 0 Å². The topological polar surface area (TPSA) is 0 Å². The molecule has 7 rings (SSSR count). The van der Waals surface area contributed by atoms with Crippen LogP contribution in [0.2, 0.25) is 0 Å². The summed E-state index contributed by atoms with van der Waals surface area (Å²) in [5, 5.41) is 0. The van der Waals surface area contributed by atoms with Gasteiger partial charge >= 0.3 is 0 Å². The van der Waals surface area contributed by atoms with E-state index >= 15 is 0 Å². The predicted octanol–water partition coefficient (Wildman–Crippen LogP) is 9.07. The summed E-state index contributed by atoms with van der Waals surface area (Å²) in [7, 11) is 0. The molecule has 6 aromatic carbocycles. The van der Waals surface area contributed by atoms with Crippen molar-refractivity contribution in [1.29, 1.82) is 0 Å². The Labute approximate surface area is 239 Å². The molecule has 185 valence electrons. The molecule has 0 saturated heterocycles. The Morgan fingerprint density at radius 3 is 1.29 bits per heavy atom. The predicted molar refractivity (Wildman–Crippen MR) is 152 cm³/mol. The molecule has 0 aromatic heterocycles. The van der Waals surface area contributed by atoms with Crippen molar-refractivity contribution in [1.82, 2.24) is 0 Å². The molecule has 0 spiro atoms. The van der Waals surface area contributed by atoms with Crippen molar-refractivity contribution < 1.29 is 20.1 Å². The van der Waals surface area contributed by atoms with Crippen LogP contribution in [0.3, 0.4) is 0 Å². The maximum Gasteiger partial charge on any atom is 0.0176 e. The van der Waals surface area contributed by atoms with Crippen LogP contribution in [0.4, 0.5) is 0 Å². The van der Waals surface area contributed by atoms with Crippen molar-refractivity contribution in [3.05, 3.63) is 180 Å². The van der Waals surface area contributed by atoms with Gasteiger partial charge in [0, 0.05) is 26.0 Å². The van der Waals surface area contributed by atoms with E-state index in [0.717, 1.165) is 22.3 Å². The summed E-state index contributed by atoms with van der Waals surface area (Å²) in [5.74, 6) is 0.282. The molecule has 1 aliphatic carbocycles. The van der Waals surface area contributed by atoms with Gasteiger partial charge in [0.15, 0.2) is 0 Å². The van der Waals surface area contributed by atoms with Gasteiger partial charge < -0.3 is 0 Å². The summed E-state index contributed by atoms with van der Waals surface area (Å²) >= 11 is 0. The normalized spacial score (nSPS) is 11.4. The first-order valence-electron chi connectivity index (χ1n) is 12.5. The zero-order chi connectivity index (χ0) is 24.9. The largest absolute Gasteiger partial charge is 0.226 e. The first-order valence-corrected chi connectivity index (χ1v) is 12.5. The van der Waals surface area contributed by atoms with Gasteiger partial charge in [-0.15, -0.1) is 29.8 Å². The Balaban J connectivity index is 0.000000191. The maximum atomic E-state index is 3.37. The van der Waals surface area contributed by atoms with Crippen LogP contribution < -0.4 is 0 Å². The number of hydrogen-bond acceptors (Lipinski definition) is 0. The number of rotatable bonds is 3. The van der Waals surface area contributed by atoms with E-state index in [1.54, 1.807) is 0 Å². The number of hydrogen-bond donors (Lipinski definition) is 0. The summed E-state index contributed by atoms with van der Waals surface area (Å²) in [6.07, 6.45) is 0. The molecule has 1 aliphatic rings. The molecule has 0 nitrogen and oxygen atoms in total. The minimum atomic E-state index is 0. The van der Waals surface area contributed by atoms with E-state index in [4.69, 9.17) is 0 Å². The fraction of sp³-hybridized carbons (Fsp3) is 0.0270. The molecule has 0 unspecified atom stereocenters. The second-order valence-electron chi connectivity index (χ2n) is 8.97. The summed E-state index contributed by atoms with van der Waals surface area (Å²) in [5.41, 5.74) is 11.2. The van der Waals surface area contributed by atoms with Gasteiger partial charge in [0.2, 0.25) is 0 Å². The zero-order valence-corrected chi connectivity index (χ0v) is 23.1. The van der Waals surface area contributed by atoms with E-state index in [-0.39, 0.29) is 26.0 Å². The van der Waals surface area contributed by atoms with E-state index < -0.39 is 0 Å². The molecular formula is C37H24Ir-4. The molecule has 0 heterocycles. The van der Waals surface area contributed by atoms with Gasteiger partial charge in [-0.25, -0.2) is 22.3 Å². The Kier molecular flexibility index (Phi) is 8.09. The molecule has 1 radical (unpaired) electrons. The van der Waals surface area contributed by atoms with Crippen LogP contribution in [0.15, 0.2) is 140 Å². The van der Waals surface area contributed by atoms with E-state index in [1.165, 1.54) is 27.8 Å². The average molecular weight is 661 g/mol. The van der Waals surface area contributed by atoms with Crippen molar-refractivity contribution in [3.8, 4) is 33.4 Å². The minimum absolute atomic E-state index is 0. The maximum absolute atomic E-state index is 3.37. The van der Waals surface area contributed by atoms with E-state index in [1.807, 2.05) is 72.8 Å². The third-order valence-electron chi connectivity index (χ3n) is 6.70. The fourth-order valence-corrected chi connectivity index (χ4v) is 5.02. The summed E-state index contributed by atoms with van der Waals surface area (Å²) < 4.78 is 0. The van der Waals surface area contributed by atoms with Crippen molar-refractivity contribution in [2.24, 2.45) is 0 Å². The molecule has 0 bridgehead atoms. The molecule has 0 atom stereocenters. The molecule has 0 N–H and O–H groups in total. The molecule has 0 amide bonds. The van der Waals surface area contributed by atoms with Crippen LogP contribution in [0.5, 0.6) is 0 Å². The van der Waals surface area contributed by atoms with E-state index in [0.29, 0.717) is 0 Å². The van der Waals surface area contributed by atoms with Crippen molar-refractivity contribution in [3.63, 3.8) is 0 Å². The van der Waals surface area contributed by atoms with Crippen LogP contribution in [0.1, 0.15) is 22.6 Å². The van der Waals surface area contributed by atoms with Gasteiger partial charge in [-0.05, 0) is 22.3 Å². The van der Waals surface area contributed by atoms with Crippen LogP contribution in [-0.4, -0.2) is 0 Å². The minimum Gasteiger partial charge on any atom is -0.226 e. The van der Waals surface area contributed by atoms with Gasteiger partial charge in [-0.3, -0.25) is 0 Å². The van der Waals surface area contributed by atoms with Gasteiger partial charge in [-0.1, -0.05) is 48.5 Å². The number of benzene rings is 6. The van der Waals surface area contributed by atoms with Crippen molar-refractivity contribution >= 4 is 0 Å². The van der Waals surface area contributed by atoms with Gasteiger partial charge in [0.05, 0.1) is 0 Å². The molecule has 38 heavy (non-hydrogen) atoms. The summed E-state index contributed by atoms with van der Waals surface area (Å²) in [4.78, 5) is 0. The number of fused-ring (bicyclic) bond motifs is 3. The third kappa shape index (κ3) is 5.31. The van der Waals surface area contributed by atoms with Crippen LogP contribution in [0.25, 0.3) is 33.4 Å². The molecule has 1 heteroatoms. The Bertz CT molecular complexity index is 1520.